The fraction of sp³-hybridized carbons (Fsp3) is 0.160. The summed E-state index contributed by atoms with van der Waals surface area (Å²) < 4.78 is 12.5. The molecule has 0 spiro atoms. The van der Waals surface area contributed by atoms with E-state index >= 15 is 0 Å². The largest absolute Gasteiger partial charge is 0.467 e. The van der Waals surface area contributed by atoms with Gasteiger partial charge in [0.25, 0.3) is 0 Å². The molecule has 0 bridgehead atoms. The highest BCUT2D eigenvalue weighted by Gasteiger charge is 2.41. The number of furan rings is 1. The first-order valence-electron chi connectivity index (χ1n) is 10.5. The maximum atomic E-state index is 11.8. The topological polar surface area (TPSA) is 72.5 Å². The number of ether oxygens (including phenoxy) is 1. The fourth-order valence-corrected chi connectivity index (χ4v) is 4.52. The Balaban J connectivity index is 1.56. The zero-order chi connectivity index (χ0) is 22.8. The molecule has 1 saturated heterocycles. The number of thiocarbonyl (C=S) groups is 1. The van der Waals surface area contributed by atoms with Crippen LogP contribution in [-0.4, -0.2) is 32.6 Å². The maximum Gasteiger partial charge on any atom is 0.337 e. The molecule has 4 heterocycles. The minimum Gasteiger partial charge on any atom is -0.467 e. The molecule has 2 atom stereocenters. The molecule has 4 aromatic rings. The Labute approximate surface area is 196 Å². The highest BCUT2D eigenvalue weighted by Crippen LogP contribution is 2.40. The van der Waals surface area contributed by atoms with Crippen LogP contribution in [0.5, 0.6) is 0 Å². The minimum atomic E-state index is -0.362. The van der Waals surface area contributed by atoms with Crippen molar-refractivity contribution in [1.29, 1.82) is 0 Å². The smallest absolute Gasteiger partial charge is 0.337 e. The van der Waals surface area contributed by atoms with Crippen molar-refractivity contribution in [3.63, 3.8) is 0 Å². The predicted octanol–water partition coefficient (Wildman–Crippen LogP) is 4.42. The Hall–Kier alpha value is -3.91. The third-order valence-electron chi connectivity index (χ3n) is 5.75. The van der Waals surface area contributed by atoms with Gasteiger partial charge in [-0.1, -0.05) is 6.07 Å². The summed E-state index contributed by atoms with van der Waals surface area (Å²) in [6, 6.07) is 20.8. The van der Waals surface area contributed by atoms with Crippen LogP contribution in [0, 0.1) is 0 Å². The van der Waals surface area contributed by atoms with Crippen molar-refractivity contribution < 1.29 is 13.9 Å². The van der Waals surface area contributed by atoms with Crippen LogP contribution in [0.1, 0.15) is 39.6 Å². The Kier molecular flexibility index (Phi) is 5.66. The van der Waals surface area contributed by atoms with E-state index in [4.69, 9.17) is 21.4 Å². The summed E-state index contributed by atoms with van der Waals surface area (Å²) in [6.07, 6.45) is 5.46. The Bertz CT molecular complexity index is 1250. The van der Waals surface area contributed by atoms with E-state index in [-0.39, 0.29) is 18.1 Å². The summed E-state index contributed by atoms with van der Waals surface area (Å²) in [6.45, 7) is 0.527. The number of hydrogen-bond donors (Lipinski definition) is 1. The van der Waals surface area contributed by atoms with Crippen LogP contribution in [0.15, 0.2) is 89.8 Å². The van der Waals surface area contributed by atoms with Crippen molar-refractivity contribution >= 4 is 23.3 Å². The second kappa shape index (κ2) is 8.91. The van der Waals surface area contributed by atoms with Crippen LogP contribution in [0.3, 0.4) is 0 Å². The van der Waals surface area contributed by atoms with Crippen LogP contribution in [0.25, 0.3) is 5.69 Å². The van der Waals surface area contributed by atoms with E-state index in [1.54, 1.807) is 24.6 Å². The molecule has 1 aromatic carbocycles. The molecular weight excluding hydrogens is 436 g/mol. The molecule has 0 aliphatic carbocycles. The number of esters is 1. The predicted molar refractivity (Wildman–Crippen MR) is 127 cm³/mol. The first-order chi connectivity index (χ1) is 16.2. The van der Waals surface area contributed by atoms with Gasteiger partial charge in [-0.2, -0.15) is 0 Å². The lowest BCUT2D eigenvalue weighted by Crippen LogP contribution is -2.29. The van der Waals surface area contributed by atoms with E-state index in [1.165, 1.54) is 7.11 Å². The normalized spacial score (nSPS) is 17.7. The van der Waals surface area contributed by atoms with Gasteiger partial charge >= 0.3 is 5.97 Å². The van der Waals surface area contributed by atoms with E-state index in [1.807, 2.05) is 54.7 Å². The Morgan fingerprint density at radius 3 is 2.67 bits per heavy atom. The van der Waals surface area contributed by atoms with Gasteiger partial charge in [0.1, 0.15) is 5.76 Å². The molecule has 1 aliphatic heterocycles. The SMILES string of the molecule is COC(=O)c1ccc(-n2cccc2[C@H]2[C@H](c3ccccn3)NC(=S)N2Cc2ccco2)cc1. The quantitative estimate of drug-likeness (QED) is 0.339. The van der Waals surface area contributed by atoms with E-state index < -0.39 is 0 Å². The third kappa shape index (κ3) is 4.01. The van der Waals surface area contributed by atoms with Gasteiger partial charge in [-0.25, -0.2) is 4.79 Å². The fourth-order valence-electron chi connectivity index (χ4n) is 4.21. The lowest BCUT2D eigenvalue weighted by atomic mass is 10.0. The monoisotopic (exact) mass is 458 g/mol. The number of carbonyl (C=O) groups excluding carboxylic acids is 1. The van der Waals surface area contributed by atoms with Gasteiger partial charge in [-0.3, -0.25) is 4.98 Å². The van der Waals surface area contributed by atoms with E-state index in [9.17, 15) is 4.79 Å². The summed E-state index contributed by atoms with van der Waals surface area (Å²) in [4.78, 5) is 18.6. The molecule has 1 aliphatic rings. The first-order valence-corrected chi connectivity index (χ1v) is 10.9. The second-order valence-electron chi connectivity index (χ2n) is 7.68. The number of pyridine rings is 1. The molecule has 0 saturated carbocycles. The molecule has 7 nitrogen and oxygen atoms in total. The van der Waals surface area contributed by atoms with Gasteiger partial charge in [-0.05, 0) is 72.9 Å². The lowest BCUT2D eigenvalue weighted by molar-refractivity contribution is 0.0600. The van der Waals surface area contributed by atoms with Crippen molar-refractivity contribution in [2.24, 2.45) is 0 Å². The molecule has 0 unspecified atom stereocenters. The minimum absolute atomic E-state index is 0.132. The van der Waals surface area contributed by atoms with E-state index in [0.717, 1.165) is 22.8 Å². The van der Waals surface area contributed by atoms with Gasteiger partial charge in [-0.15, -0.1) is 0 Å². The van der Waals surface area contributed by atoms with E-state index in [0.29, 0.717) is 17.2 Å². The van der Waals surface area contributed by atoms with Crippen molar-refractivity contribution in [2.75, 3.05) is 7.11 Å². The van der Waals surface area contributed by atoms with Crippen molar-refractivity contribution in [1.82, 2.24) is 19.8 Å². The summed E-state index contributed by atoms with van der Waals surface area (Å²) in [5, 5.41) is 4.10. The molecule has 0 radical (unpaired) electrons. The third-order valence-corrected chi connectivity index (χ3v) is 6.11. The van der Waals surface area contributed by atoms with Gasteiger partial charge in [0.15, 0.2) is 5.11 Å². The summed E-state index contributed by atoms with van der Waals surface area (Å²) in [5.74, 6) is 0.464. The zero-order valence-corrected chi connectivity index (χ0v) is 18.7. The molecule has 166 valence electrons. The molecule has 0 amide bonds. The highest BCUT2D eigenvalue weighted by molar-refractivity contribution is 7.80. The van der Waals surface area contributed by atoms with Gasteiger partial charge in [0.05, 0.1) is 43.3 Å². The molecule has 33 heavy (non-hydrogen) atoms. The van der Waals surface area contributed by atoms with Gasteiger partial charge in [0.2, 0.25) is 0 Å². The zero-order valence-electron chi connectivity index (χ0n) is 17.9. The number of aromatic nitrogens is 2. The number of carbonyl (C=O) groups is 1. The average Bonchev–Trinajstić information content (AvgIpc) is 3.61. The van der Waals surface area contributed by atoms with Crippen LogP contribution in [0.4, 0.5) is 0 Å². The Morgan fingerprint density at radius 1 is 1.12 bits per heavy atom. The van der Waals surface area contributed by atoms with Crippen LogP contribution >= 0.6 is 12.2 Å². The summed E-state index contributed by atoms with van der Waals surface area (Å²) in [7, 11) is 1.38. The van der Waals surface area contributed by atoms with Crippen LogP contribution < -0.4 is 5.32 Å². The number of rotatable bonds is 6. The second-order valence-corrected chi connectivity index (χ2v) is 8.06. The molecule has 1 fully saturated rings. The number of hydrogen-bond acceptors (Lipinski definition) is 5. The number of benzene rings is 1. The molecule has 1 N–H and O–H groups in total. The van der Waals surface area contributed by atoms with Crippen molar-refractivity contribution in [3.05, 3.63) is 108 Å². The lowest BCUT2D eigenvalue weighted by Gasteiger charge is -2.28. The summed E-state index contributed by atoms with van der Waals surface area (Å²) in [5.41, 5.74) is 3.37. The van der Waals surface area contributed by atoms with Crippen LogP contribution in [-0.2, 0) is 11.3 Å². The average molecular weight is 459 g/mol. The number of methoxy groups -OCH3 is 1. The molecular formula is C25H22N4O3S. The number of nitrogens with zero attached hydrogens (tertiary/aromatic N) is 3. The maximum absolute atomic E-state index is 11.8. The molecule has 5 rings (SSSR count). The van der Waals surface area contributed by atoms with Gasteiger partial charge in [0, 0.05) is 23.8 Å². The van der Waals surface area contributed by atoms with Gasteiger partial charge < -0.3 is 23.9 Å². The summed E-state index contributed by atoms with van der Waals surface area (Å²) >= 11 is 5.75. The van der Waals surface area contributed by atoms with Crippen molar-refractivity contribution in [3.8, 4) is 5.69 Å². The molecule has 3 aromatic heterocycles. The Morgan fingerprint density at radius 2 is 1.97 bits per heavy atom. The van der Waals surface area contributed by atoms with Crippen LogP contribution in [0.2, 0.25) is 0 Å². The first kappa shape index (κ1) is 21.0. The standard InChI is InChI=1S/C25H22N4O3S/c1-31-24(30)17-9-11-18(12-10-17)28-14-4-8-21(28)23-22(20-7-2-3-13-26-20)27-25(33)29(23)16-19-6-5-15-32-19/h2-15,22-23H,16H2,1H3,(H,27,33)/t22-,23-/m0/s1. The number of nitrogens with one attached hydrogen (secondary N) is 1. The molecule has 8 heteroatoms. The highest BCUT2D eigenvalue weighted by atomic mass is 32.1. The van der Waals surface area contributed by atoms with Crippen molar-refractivity contribution in [2.45, 2.75) is 18.6 Å². The van der Waals surface area contributed by atoms with E-state index in [2.05, 4.69) is 25.8 Å².